The first-order valence-electron chi connectivity index (χ1n) is 14.5. The van der Waals surface area contributed by atoms with Gasteiger partial charge in [0.25, 0.3) is 0 Å². The molecule has 0 unspecified atom stereocenters. The largest absolute Gasteiger partial charge is 0.457 e. The van der Waals surface area contributed by atoms with E-state index in [2.05, 4.69) is 4.98 Å². The standard InChI is InChI=1S/C32H31F2N3O4.C2H6/c1-18(2)23-14-20(8-11-24(23)33)26-17-37-27(16-35-26)36-30(19-6-7-19)31(37)22-10-9-21(15-25(22)34)40-28(38)12-13-29(39)41-32(3,4)5;1-2/h8-19H,6-7H2,1-5H3;1-2H3/b13-12+;. The maximum absolute atomic E-state index is 15.6. The number of carbonyl (C=O) groups excluding carboxylic acids is 2. The van der Waals surface area contributed by atoms with Gasteiger partial charge in [0.1, 0.15) is 23.0 Å². The molecule has 2 heterocycles. The monoisotopic (exact) mass is 589 g/mol. The van der Waals surface area contributed by atoms with Crippen LogP contribution in [0.4, 0.5) is 8.78 Å². The Labute approximate surface area is 250 Å². The van der Waals surface area contributed by atoms with Crippen LogP contribution in [0.15, 0.2) is 60.9 Å². The quantitative estimate of drug-likeness (QED) is 0.123. The molecule has 2 aromatic heterocycles. The molecule has 0 atom stereocenters. The first-order valence-corrected chi connectivity index (χ1v) is 14.5. The zero-order valence-electron chi connectivity index (χ0n) is 25.6. The van der Waals surface area contributed by atoms with Gasteiger partial charge in [0.15, 0.2) is 5.65 Å². The molecule has 43 heavy (non-hydrogen) atoms. The fourth-order valence-electron chi connectivity index (χ4n) is 4.55. The van der Waals surface area contributed by atoms with Crippen LogP contribution in [0.3, 0.4) is 0 Å². The Hall–Kier alpha value is -4.40. The summed E-state index contributed by atoms with van der Waals surface area (Å²) in [4.78, 5) is 33.3. The van der Waals surface area contributed by atoms with E-state index in [1.165, 1.54) is 12.1 Å². The first-order chi connectivity index (χ1) is 20.4. The third-order valence-electron chi connectivity index (χ3n) is 6.59. The van der Waals surface area contributed by atoms with E-state index in [-0.39, 0.29) is 23.4 Å². The second kappa shape index (κ2) is 12.9. The summed E-state index contributed by atoms with van der Waals surface area (Å²) >= 11 is 0. The summed E-state index contributed by atoms with van der Waals surface area (Å²) in [5, 5.41) is 0. The number of rotatable bonds is 7. The van der Waals surface area contributed by atoms with E-state index in [0.29, 0.717) is 28.2 Å². The highest BCUT2D eigenvalue weighted by atomic mass is 19.1. The highest BCUT2D eigenvalue weighted by Gasteiger charge is 2.32. The molecule has 0 N–H and O–H groups in total. The van der Waals surface area contributed by atoms with Gasteiger partial charge in [-0.1, -0.05) is 27.7 Å². The minimum Gasteiger partial charge on any atom is -0.457 e. The number of nitrogens with zero attached hydrogens (tertiary/aromatic N) is 3. The molecule has 4 aromatic rings. The number of hydrogen-bond donors (Lipinski definition) is 0. The van der Waals surface area contributed by atoms with E-state index in [4.69, 9.17) is 14.5 Å². The highest BCUT2D eigenvalue weighted by molar-refractivity contribution is 5.92. The topological polar surface area (TPSA) is 82.8 Å². The molecular formula is C34H37F2N3O4. The summed E-state index contributed by atoms with van der Waals surface area (Å²) in [5.41, 5.74) is 3.46. The number of carbonyl (C=O) groups is 2. The van der Waals surface area contributed by atoms with Crippen LogP contribution in [0.2, 0.25) is 0 Å². The smallest absolute Gasteiger partial charge is 0.336 e. The van der Waals surface area contributed by atoms with Crippen molar-refractivity contribution in [2.45, 2.75) is 78.7 Å². The average molecular weight is 590 g/mol. The van der Waals surface area contributed by atoms with Gasteiger partial charge in [-0.3, -0.25) is 9.38 Å². The fraction of sp³-hybridized carbons (Fsp3) is 0.353. The van der Waals surface area contributed by atoms with Crippen molar-refractivity contribution in [3.05, 3.63) is 83.8 Å². The summed E-state index contributed by atoms with van der Waals surface area (Å²) in [5.74, 6) is -2.20. The Kier molecular flexibility index (Phi) is 9.43. The van der Waals surface area contributed by atoms with E-state index in [9.17, 15) is 14.0 Å². The summed E-state index contributed by atoms with van der Waals surface area (Å²) in [7, 11) is 0. The van der Waals surface area contributed by atoms with Gasteiger partial charge in [0.2, 0.25) is 0 Å². The van der Waals surface area contributed by atoms with Gasteiger partial charge in [0, 0.05) is 41.5 Å². The fourth-order valence-corrected chi connectivity index (χ4v) is 4.55. The molecule has 226 valence electrons. The number of imidazole rings is 1. The SMILES string of the molecule is CC.CC(C)c1cc(-c2cn3c(-c4ccc(OC(=O)/C=C/C(=O)OC(C)(C)C)cc4F)c(C4CC4)nc3cn2)ccc1F. The van der Waals surface area contributed by atoms with E-state index in [1.807, 2.05) is 32.1 Å². The Morgan fingerprint density at radius 3 is 2.33 bits per heavy atom. The van der Waals surface area contributed by atoms with Gasteiger partial charge in [0.05, 0.1) is 23.3 Å². The zero-order chi connectivity index (χ0) is 31.5. The van der Waals surface area contributed by atoms with Crippen LogP contribution in [0.25, 0.3) is 28.2 Å². The predicted octanol–water partition coefficient (Wildman–Crippen LogP) is 8.17. The molecule has 2 aromatic carbocycles. The normalized spacial score (nSPS) is 13.3. The predicted molar refractivity (Wildman–Crippen MR) is 162 cm³/mol. The number of ether oxygens (including phenoxy) is 2. The van der Waals surface area contributed by atoms with Gasteiger partial charge >= 0.3 is 11.9 Å². The molecular weight excluding hydrogens is 552 g/mol. The molecule has 1 saturated carbocycles. The second-order valence-corrected chi connectivity index (χ2v) is 11.4. The maximum Gasteiger partial charge on any atom is 0.336 e. The van der Waals surface area contributed by atoms with Crippen LogP contribution in [-0.2, 0) is 14.3 Å². The lowest BCUT2D eigenvalue weighted by molar-refractivity contribution is -0.148. The number of hydrogen-bond acceptors (Lipinski definition) is 6. The van der Waals surface area contributed by atoms with Crippen LogP contribution >= 0.6 is 0 Å². The highest BCUT2D eigenvalue weighted by Crippen LogP contribution is 2.45. The van der Waals surface area contributed by atoms with Crippen molar-refractivity contribution in [1.82, 2.24) is 14.4 Å². The summed E-state index contributed by atoms with van der Waals surface area (Å²) < 4.78 is 42.1. The van der Waals surface area contributed by atoms with Crippen molar-refractivity contribution in [1.29, 1.82) is 0 Å². The Balaban J connectivity index is 0.00000207. The third kappa shape index (κ3) is 7.52. The minimum atomic E-state index is -0.840. The Morgan fingerprint density at radius 1 is 1.00 bits per heavy atom. The molecule has 0 amide bonds. The first kappa shape index (κ1) is 31.5. The molecule has 0 aliphatic heterocycles. The minimum absolute atomic E-state index is 0.00142. The number of aromatic nitrogens is 3. The summed E-state index contributed by atoms with van der Waals surface area (Å²) in [6.07, 6.45) is 7.23. The second-order valence-electron chi connectivity index (χ2n) is 11.4. The van der Waals surface area contributed by atoms with E-state index in [0.717, 1.165) is 42.3 Å². The number of halogens is 2. The maximum atomic E-state index is 15.6. The van der Waals surface area contributed by atoms with Crippen molar-refractivity contribution in [3.8, 4) is 28.3 Å². The third-order valence-corrected chi connectivity index (χ3v) is 6.59. The summed E-state index contributed by atoms with van der Waals surface area (Å²) in [6, 6.07) is 9.05. The number of benzene rings is 2. The molecule has 5 rings (SSSR count). The van der Waals surface area contributed by atoms with Crippen LogP contribution < -0.4 is 4.74 Å². The van der Waals surface area contributed by atoms with E-state index in [1.54, 1.807) is 51.4 Å². The molecule has 0 bridgehead atoms. The number of fused-ring (bicyclic) bond motifs is 1. The molecule has 0 saturated heterocycles. The van der Waals surface area contributed by atoms with Gasteiger partial charge in [-0.15, -0.1) is 0 Å². The lowest BCUT2D eigenvalue weighted by atomic mass is 9.99. The molecule has 1 aliphatic rings. The van der Waals surface area contributed by atoms with Crippen LogP contribution in [-0.4, -0.2) is 31.9 Å². The van der Waals surface area contributed by atoms with Crippen LogP contribution in [0.5, 0.6) is 5.75 Å². The van der Waals surface area contributed by atoms with Crippen LogP contribution in [0, 0.1) is 11.6 Å². The summed E-state index contributed by atoms with van der Waals surface area (Å²) in [6.45, 7) is 13.0. The van der Waals surface area contributed by atoms with E-state index >= 15 is 4.39 Å². The Bertz CT molecular complexity index is 1680. The van der Waals surface area contributed by atoms with Gasteiger partial charge in [-0.25, -0.2) is 23.4 Å². The number of esters is 2. The van der Waals surface area contributed by atoms with Crippen molar-refractivity contribution in [3.63, 3.8) is 0 Å². The molecule has 0 spiro atoms. The van der Waals surface area contributed by atoms with Gasteiger partial charge in [-0.2, -0.15) is 0 Å². The van der Waals surface area contributed by atoms with E-state index < -0.39 is 23.4 Å². The average Bonchev–Trinajstić information content (AvgIpc) is 3.73. The molecule has 1 aliphatic carbocycles. The van der Waals surface area contributed by atoms with Crippen LogP contribution in [0.1, 0.15) is 84.4 Å². The van der Waals surface area contributed by atoms with Crippen molar-refractivity contribution in [2.24, 2.45) is 0 Å². The molecule has 0 radical (unpaired) electrons. The van der Waals surface area contributed by atoms with Crippen molar-refractivity contribution >= 4 is 17.6 Å². The molecule has 7 nitrogen and oxygen atoms in total. The zero-order valence-corrected chi connectivity index (χ0v) is 25.6. The Morgan fingerprint density at radius 2 is 1.70 bits per heavy atom. The van der Waals surface area contributed by atoms with Gasteiger partial charge in [-0.05, 0) is 75.4 Å². The van der Waals surface area contributed by atoms with Gasteiger partial charge < -0.3 is 9.47 Å². The lowest BCUT2D eigenvalue weighted by Gasteiger charge is -2.17. The molecule has 1 fully saturated rings. The van der Waals surface area contributed by atoms with Crippen molar-refractivity contribution in [2.75, 3.05) is 0 Å². The van der Waals surface area contributed by atoms with Crippen molar-refractivity contribution < 1.29 is 27.8 Å². The lowest BCUT2D eigenvalue weighted by Crippen LogP contribution is -2.22. The molecule has 9 heteroatoms.